The van der Waals surface area contributed by atoms with Gasteiger partial charge in [-0.2, -0.15) is 0 Å². The van der Waals surface area contributed by atoms with Crippen molar-refractivity contribution >= 4 is 33.2 Å². The van der Waals surface area contributed by atoms with Gasteiger partial charge >= 0.3 is 0 Å². The molecule has 70 valence electrons. The molecular weight excluding hydrogens is 254 g/mol. The first-order valence-electron chi connectivity index (χ1n) is 3.88. The molecule has 1 amide bonds. The molecule has 13 heavy (non-hydrogen) atoms. The highest BCUT2D eigenvalue weighted by Gasteiger charge is 2.21. The summed E-state index contributed by atoms with van der Waals surface area (Å²) in [4.78, 5) is 12.1. The summed E-state index contributed by atoms with van der Waals surface area (Å²) in [6.45, 7) is 0.752. The number of hydrogen-bond acceptors (Lipinski definition) is 3. The predicted octanol–water partition coefficient (Wildman–Crippen LogP) is 1.70. The monoisotopic (exact) mass is 261 g/mol. The van der Waals surface area contributed by atoms with Gasteiger partial charge in [-0.3, -0.25) is 4.79 Å². The summed E-state index contributed by atoms with van der Waals surface area (Å²) < 4.78 is 6.21. The molecule has 1 N–H and O–H groups in total. The lowest BCUT2D eigenvalue weighted by molar-refractivity contribution is -0.131. The molecule has 0 aliphatic carbocycles. The molecule has 0 saturated carbocycles. The van der Waals surface area contributed by atoms with Crippen molar-refractivity contribution in [2.75, 3.05) is 13.2 Å². The third-order valence-electron chi connectivity index (χ3n) is 1.79. The van der Waals surface area contributed by atoms with Crippen LogP contribution in [-0.2, 0) is 9.53 Å². The lowest BCUT2D eigenvalue weighted by atomic mass is 10.2. The van der Waals surface area contributed by atoms with Crippen LogP contribution in [0.4, 0.5) is 0 Å². The van der Waals surface area contributed by atoms with Crippen LogP contribution in [0.25, 0.3) is 0 Å². The fourth-order valence-electron chi connectivity index (χ4n) is 1.22. The molecule has 1 unspecified atom stereocenters. The minimum Gasteiger partial charge on any atom is -0.369 e. The van der Waals surface area contributed by atoms with Gasteiger partial charge in [0.2, 0.25) is 5.91 Å². The van der Waals surface area contributed by atoms with Crippen LogP contribution >= 0.6 is 27.3 Å². The van der Waals surface area contributed by atoms with E-state index in [9.17, 15) is 4.79 Å². The molecule has 1 aliphatic heterocycles. The number of amides is 1. The van der Waals surface area contributed by atoms with Crippen LogP contribution in [0.5, 0.6) is 0 Å². The molecule has 1 aromatic heterocycles. The second kappa shape index (κ2) is 3.77. The Balaban J connectivity index is 2.12. The van der Waals surface area contributed by atoms with E-state index in [4.69, 9.17) is 4.74 Å². The first-order valence-corrected chi connectivity index (χ1v) is 5.49. The predicted molar refractivity (Wildman–Crippen MR) is 53.7 cm³/mol. The Morgan fingerprint density at radius 3 is 3.08 bits per heavy atom. The molecule has 0 bridgehead atoms. The molecule has 1 fully saturated rings. The second-order valence-corrected chi connectivity index (χ2v) is 5.27. The summed E-state index contributed by atoms with van der Waals surface area (Å²) in [6, 6.07) is 3.99. The van der Waals surface area contributed by atoms with Crippen molar-refractivity contribution in [2.45, 2.75) is 6.04 Å². The van der Waals surface area contributed by atoms with Gasteiger partial charge in [0.25, 0.3) is 0 Å². The molecule has 0 aromatic carbocycles. The van der Waals surface area contributed by atoms with E-state index < -0.39 is 0 Å². The van der Waals surface area contributed by atoms with Crippen molar-refractivity contribution in [3.8, 4) is 0 Å². The molecule has 1 atom stereocenters. The van der Waals surface area contributed by atoms with Crippen molar-refractivity contribution < 1.29 is 9.53 Å². The summed E-state index contributed by atoms with van der Waals surface area (Å²) in [7, 11) is 0. The van der Waals surface area contributed by atoms with Gasteiger partial charge in [0, 0.05) is 4.88 Å². The largest absolute Gasteiger partial charge is 0.369 e. The number of nitrogens with one attached hydrogen (secondary N) is 1. The van der Waals surface area contributed by atoms with Gasteiger partial charge < -0.3 is 10.1 Å². The van der Waals surface area contributed by atoms with Gasteiger partial charge in [0.1, 0.15) is 6.61 Å². The lowest BCUT2D eigenvalue weighted by Crippen LogP contribution is -2.39. The number of morpholine rings is 1. The number of hydrogen-bond donors (Lipinski definition) is 1. The van der Waals surface area contributed by atoms with E-state index in [0.29, 0.717) is 6.61 Å². The highest BCUT2D eigenvalue weighted by Crippen LogP contribution is 2.28. The van der Waals surface area contributed by atoms with Gasteiger partial charge in [-0.05, 0) is 28.1 Å². The van der Waals surface area contributed by atoms with Crippen LogP contribution in [0.15, 0.2) is 15.9 Å². The van der Waals surface area contributed by atoms with Crippen LogP contribution in [0.2, 0.25) is 0 Å². The van der Waals surface area contributed by atoms with Gasteiger partial charge in [-0.15, -0.1) is 11.3 Å². The molecule has 2 rings (SSSR count). The van der Waals surface area contributed by atoms with Gasteiger partial charge in [0.15, 0.2) is 0 Å². The van der Waals surface area contributed by atoms with Gasteiger partial charge in [-0.1, -0.05) is 0 Å². The van der Waals surface area contributed by atoms with Crippen LogP contribution < -0.4 is 5.32 Å². The number of ether oxygens (including phenoxy) is 1. The van der Waals surface area contributed by atoms with Crippen LogP contribution in [0, 0.1) is 0 Å². The number of carbonyl (C=O) groups is 1. The highest BCUT2D eigenvalue weighted by atomic mass is 79.9. The zero-order valence-corrected chi connectivity index (χ0v) is 9.15. The van der Waals surface area contributed by atoms with Crippen LogP contribution in [0.3, 0.4) is 0 Å². The minimum atomic E-state index is -0.0410. The Labute approximate surface area is 88.2 Å². The van der Waals surface area contributed by atoms with E-state index in [1.165, 1.54) is 0 Å². The maximum absolute atomic E-state index is 11.0. The SMILES string of the molecule is O=C1COCC(c2ccc(Br)s2)N1. The van der Waals surface area contributed by atoms with Gasteiger partial charge in [0.05, 0.1) is 16.4 Å². The number of rotatable bonds is 1. The van der Waals surface area contributed by atoms with E-state index >= 15 is 0 Å². The van der Waals surface area contributed by atoms with Crippen molar-refractivity contribution in [1.29, 1.82) is 0 Å². The summed E-state index contributed by atoms with van der Waals surface area (Å²) in [6.07, 6.45) is 0. The van der Waals surface area contributed by atoms with E-state index in [1.807, 2.05) is 12.1 Å². The van der Waals surface area contributed by atoms with E-state index in [1.54, 1.807) is 11.3 Å². The molecule has 0 radical (unpaired) electrons. The van der Waals surface area contributed by atoms with E-state index in [-0.39, 0.29) is 18.6 Å². The van der Waals surface area contributed by atoms with Crippen LogP contribution in [-0.4, -0.2) is 19.1 Å². The smallest absolute Gasteiger partial charge is 0.246 e. The topological polar surface area (TPSA) is 38.3 Å². The Morgan fingerprint density at radius 2 is 2.46 bits per heavy atom. The zero-order valence-electron chi connectivity index (χ0n) is 6.75. The fourth-order valence-corrected chi connectivity index (χ4v) is 2.68. The fraction of sp³-hybridized carbons (Fsp3) is 0.375. The van der Waals surface area contributed by atoms with Crippen LogP contribution in [0.1, 0.15) is 10.9 Å². The summed E-state index contributed by atoms with van der Waals surface area (Å²) in [5.74, 6) is -0.0410. The average molecular weight is 262 g/mol. The summed E-state index contributed by atoms with van der Waals surface area (Å²) >= 11 is 5.00. The third kappa shape index (κ3) is 2.10. The summed E-state index contributed by atoms with van der Waals surface area (Å²) in [5, 5.41) is 2.87. The molecule has 3 nitrogen and oxygen atoms in total. The lowest BCUT2D eigenvalue weighted by Gasteiger charge is -2.22. The maximum Gasteiger partial charge on any atom is 0.246 e. The molecule has 1 aromatic rings. The van der Waals surface area contributed by atoms with E-state index in [2.05, 4.69) is 21.2 Å². The normalized spacial score (nSPS) is 22.8. The second-order valence-electron chi connectivity index (χ2n) is 2.78. The molecule has 1 aliphatic rings. The van der Waals surface area contributed by atoms with Crippen molar-refractivity contribution in [3.63, 3.8) is 0 Å². The molecule has 5 heteroatoms. The van der Waals surface area contributed by atoms with Crippen molar-refractivity contribution in [1.82, 2.24) is 5.32 Å². The number of thiophene rings is 1. The first-order chi connectivity index (χ1) is 6.25. The average Bonchev–Trinajstić information content (AvgIpc) is 2.52. The maximum atomic E-state index is 11.0. The van der Waals surface area contributed by atoms with Crippen molar-refractivity contribution in [3.05, 3.63) is 20.8 Å². The molecule has 2 heterocycles. The minimum absolute atomic E-state index is 0.0255. The third-order valence-corrected chi connectivity index (χ3v) is 3.53. The number of halogens is 1. The van der Waals surface area contributed by atoms with E-state index in [0.717, 1.165) is 8.66 Å². The number of carbonyl (C=O) groups excluding carboxylic acids is 1. The van der Waals surface area contributed by atoms with Crippen molar-refractivity contribution in [2.24, 2.45) is 0 Å². The quantitative estimate of drug-likeness (QED) is 0.836. The highest BCUT2D eigenvalue weighted by molar-refractivity contribution is 9.11. The Morgan fingerprint density at radius 1 is 1.62 bits per heavy atom. The first kappa shape index (κ1) is 9.18. The Bertz CT molecular complexity index is 326. The standard InChI is InChI=1S/C8H8BrNO2S/c9-7-2-1-6(13-7)5-3-12-4-8(11)10-5/h1-2,5H,3-4H2,(H,10,11). The molecular formula is C8H8BrNO2S. The Kier molecular flexibility index (Phi) is 2.66. The van der Waals surface area contributed by atoms with Gasteiger partial charge in [-0.25, -0.2) is 0 Å². The molecule has 0 spiro atoms. The summed E-state index contributed by atoms with van der Waals surface area (Å²) in [5.41, 5.74) is 0. The molecule has 1 saturated heterocycles. The zero-order chi connectivity index (χ0) is 9.26. The Hall–Kier alpha value is -0.390.